The second-order valence-corrected chi connectivity index (χ2v) is 5.14. The summed E-state index contributed by atoms with van der Waals surface area (Å²) in [5, 5.41) is 0. The maximum absolute atomic E-state index is 5.78. The molecule has 0 saturated heterocycles. The van der Waals surface area contributed by atoms with Gasteiger partial charge in [0.15, 0.2) is 0 Å². The van der Waals surface area contributed by atoms with Gasteiger partial charge in [-0.05, 0) is 25.7 Å². The maximum atomic E-state index is 5.78. The zero-order valence-corrected chi connectivity index (χ0v) is 11.3. The zero-order valence-electron chi connectivity index (χ0n) is 11.3. The van der Waals surface area contributed by atoms with E-state index < -0.39 is 0 Å². The molecule has 1 rings (SSSR count). The molecule has 1 saturated carbocycles. The third kappa shape index (κ3) is 4.06. The van der Waals surface area contributed by atoms with Crippen molar-refractivity contribution >= 4 is 0 Å². The lowest BCUT2D eigenvalue weighted by atomic mass is 10.0. The predicted octanol–water partition coefficient (Wildman–Crippen LogP) is 3.16. The van der Waals surface area contributed by atoms with Gasteiger partial charge in [0.1, 0.15) is 0 Å². The van der Waals surface area contributed by atoms with Crippen LogP contribution in [0.15, 0.2) is 0 Å². The van der Waals surface area contributed by atoms with E-state index in [1.807, 2.05) is 0 Å². The van der Waals surface area contributed by atoms with Crippen molar-refractivity contribution in [2.45, 2.75) is 77.3 Å². The van der Waals surface area contributed by atoms with Crippen LogP contribution < -0.4 is 5.73 Å². The summed E-state index contributed by atoms with van der Waals surface area (Å²) in [7, 11) is 0. The minimum absolute atomic E-state index is 0.756. The van der Waals surface area contributed by atoms with Crippen LogP contribution in [0.4, 0.5) is 0 Å². The summed E-state index contributed by atoms with van der Waals surface area (Å²) < 4.78 is 0. The van der Waals surface area contributed by atoms with Crippen molar-refractivity contribution in [1.82, 2.24) is 4.90 Å². The Balaban J connectivity index is 2.58. The summed E-state index contributed by atoms with van der Waals surface area (Å²) >= 11 is 0. The maximum Gasteiger partial charge on any atom is 0.0110 e. The fourth-order valence-corrected chi connectivity index (χ4v) is 3.16. The van der Waals surface area contributed by atoms with E-state index in [1.165, 1.54) is 51.4 Å². The Kier molecular flexibility index (Phi) is 7.06. The second kappa shape index (κ2) is 8.08. The topological polar surface area (TPSA) is 29.3 Å². The van der Waals surface area contributed by atoms with Crippen LogP contribution in [-0.4, -0.2) is 30.1 Å². The van der Waals surface area contributed by atoms with Gasteiger partial charge in [0.25, 0.3) is 0 Å². The van der Waals surface area contributed by atoms with Crippen molar-refractivity contribution in [3.05, 3.63) is 0 Å². The largest absolute Gasteiger partial charge is 0.329 e. The molecule has 1 aliphatic carbocycles. The van der Waals surface area contributed by atoms with Crippen molar-refractivity contribution in [3.8, 4) is 0 Å². The Morgan fingerprint density at radius 1 is 1.06 bits per heavy atom. The molecule has 0 aromatic rings. The first kappa shape index (κ1) is 14.0. The van der Waals surface area contributed by atoms with E-state index in [0.29, 0.717) is 0 Å². The third-order valence-electron chi connectivity index (χ3n) is 4.09. The van der Waals surface area contributed by atoms with Gasteiger partial charge in [-0.2, -0.15) is 0 Å². The minimum atomic E-state index is 0.756. The molecule has 2 N–H and O–H groups in total. The molecule has 0 atom stereocenters. The molecule has 0 unspecified atom stereocenters. The molecule has 2 nitrogen and oxygen atoms in total. The van der Waals surface area contributed by atoms with Crippen molar-refractivity contribution in [3.63, 3.8) is 0 Å². The van der Waals surface area contributed by atoms with Crippen molar-refractivity contribution < 1.29 is 0 Å². The van der Waals surface area contributed by atoms with E-state index in [1.54, 1.807) is 0 Å². The van der Waals surface area contributed by atoms with Gasteiger partial charge >= 0.3 is 0 Å². The number of nitrogens with zero attached hydrogens (tertiary/aromatic N) is 1. The summed E-state index contributed by atoms with van der Waals surface area (Å²) in [6.45, 7) is 6.53. The molecular formula is C14H30N2. The van der Waals surface area contributed by atoms with Crippen LogP contribution in [0.5, 0.6) is 0 Å². The number of hydrogen-bond acceptors (Lipinski definition) is 2. The molecular weight excluding hydrogens is 196 g/mol. The van der Waals surface area contributed by atoms with Crippen LogP contribution in [0.1, 0.15) is 65.2 Å². The number of nitrogens with two attached hydrogens (primary N) is 1. The Bertz CT molecular complexity index is 158. The second-order valence-electron chi connectivity index (χ2n) is 5.14. The first-order valence-corrected chi connectivity index (χ1v) is 7.29. The molecule has 0 heterocycles. The highest BCUT2D eigenvalue weighted by molar-refractivity contribution is 4.80. The van der Waals surface area contributed by atoms with E-state index >= 15 is 0 Å². The molecule has 1 aliphatic rings. The molecule has 0 spiro atoms. The summed E-state index contributed by atoms with van der Waals surface area (Å²) in [5.74, 6) is 0. The molecule has 1 fully saturated rings. The van der Waals surface area contributed by atoms with Crippen molar-refractivity contribution in [2.75, 3.05) is 13.1 Å². The molecule has 16 heavy (non-hydrogen) atoms. The fraction of sp³-hybridized carbons (Fsp3) is 1.00. The van der Waals surface area contributed by atoms with Gasteiger partial charge in [0, 0.05) is 25.2 Å². The Morgan fingerprint density at radius 3 is 2.06 bits per heavy atom. The molecule has 0 amide bonds. The number of rotatable bonds is 6. The first-order valence-electron chi connectivity index (χ1n) is 7.29. The fourth-order valence-electron chi connectivity index (χ4n) is 3.16. The van der Waals surface area contributed by atoms with Gasteiger partial charge in [-0.25, -0.2) is 0 Å². The van der Waals surface area contributed by atoms with Gasteiger partial charge < -0.3 is 5.73 Å². The predicted molar refractivity (Wildman–Crippen MR) is 71.6 cm³/mol. The molecule has 2 heteroatoms. The van der Waals surface area contributed by atoms with Crippen molar-refractivity contribution in [1.29, 1.82) is 0 Å². The lowest BCUT2D eigenvalue weighted by molar-refractivity contribution is 0.117. The van der Waals surface area contributed by atoms with E-state index in [2.05, 4.69) is 18.7 Å². The van der Waals surface area contributed by atoms with Crippen LogP contribution in [0.25, 0.3) is 0 Å². The van der Waals surface area contributed by atoms with Gasteiger partial charge in [-0.3, -0.25) is 4.90 Å². The number of hydrogen-bond donors (Lipinski definition) is 1. The lowest BCUT2D eigenvalue weighted by Gasteiger charge is -2.37. The molecule has 0 aromatic carbocycles. The minimum Gasteiger partial charge on any atom is -0.329 e. The molecule has 0 aromatic heterocycles. The highest BCUT2D eigenvalue weighted by Gasteiger charge is 2.24. The summed E-state index contributed by atoms with van der Waals surface area (Å²) in [6.07, 6.45) is 11.1. The molecule has 0 radical (unpaired) electrons. The molecule has 0 aliphatic heterocycles. The van der Waals surface area contributed by atoms with Crippen LogP contribution in [-0.2, 0) is 0 Å². The quantitative estimate of drug-likeness (QED) is 0.705. The third-order valence-corrected chi connectivity index (χ3v) is 4.09. The standard InChI is InChI=1S/C14H30N2/c1-3-13(4-2)16(12-11-15)14-9-7-5-6-8-10-14/h13-14H,3-12,15H2,1-2H3. The molecule has 0 bridgehead atoms. The average Bonchev–Trinajstić information content (AvgIpc) is 2.58. The van der Waals surface area contributed by atoms with E-state index in [0.717, 1.165) is 25.2 Å². The summed E-state index contributed by atoms with van der Waals surface area (Å²) in [5.41, 5.74) is 5.78. The monoisotopic (exact) mass is 226 g/mol. The summed E-state index contributed by atoms with van der Waals surface area (Å²) in [6, 6.07) is 1.57. The first-order chi connectivity index (χ1) is 7.83. The normalized spacial score (nSPS) is 19.3. The van der Waals surface area contributed by atoms with Crippen LogP contribution in [0.2, 0.25) is 0 Å². The zero-order chi connectivity index (χ0) is 11.8. The van der Waals surface area contributed by atoms with Gasteiger partial charge in [-0.15, -0.1) is 0 Å². The van der Waals surface area contributed by atoms with Crippen LogP contribution >= 0.6 is 0 Å². The Labute approximate surface area is 102 Å². The van der Waals surface area contributed by atoms with Crippen LogP contribution in [0.3, 0.4) is 0 Å². The van der Waals surface area contributed by atoms with Crippen LogP contribution in [0, 0.1) is 0 Å². The SMILES string of the molecule is CCC(CC)N(CCN)C1CCCCCC1. The van der Waals surface area contributed by atoms with E-state index in [9.17, 15) is 0 Å². The van der Waals surface area contributed by atoms with E-state index in [-0.39, 0.29) is 0 Å². The van der Waals surface area contributed by atoms with E-state index in [4.69, 9.17) is 5.73 Å². The van der Waals surface area contributed by atoms with Gasteiger partial charge in [0.2, 0.25) is 0 Å². The van der Waals surface area contributed by atoms with Gasteiger partial charge in [0.05, 0.1) is 0 Å². The Hall–Kier alpha value is -0.0800. The highest BCUT2D eigenvalue weighted by atomic mass is 15.2. The smallest absolute Gasteiger partial charge is 0.0110 e. The summed E-state index contributed by atoms with van der Waals surface area (Å²) in [4.78, 5) is 2.71. The van der Waals surface area contributed by atoms with Crippen molar-refractivity contribution in [2.24, 2.45) is 5.73 Å². The average molecular weight is 226 g/mol. The molecule has 96 valence electrons. The highest BCUT2D eigenvalue weighted by Crippen LogP contribution is 2.24. The van der Waals surface area contributed by atoms with Gasteiger partial charge in [-0.1, -0.05) is 39.5 Å². The lowest BCUT2D eigenvalue weighted by Crippen LogP contribution is -2.45. The Morgan fingerprint density at radius 2 is 1.62 bits per heavy atom.